The minimum Gasteiger partial charge on any atom is -0.496 e. The molecule has 2 rings (SSSR count). The Hall–Kier alpha value is -1.07. The van der Waals surface area contributed by atoms with Gasteiger partial charge >= 0.3 is 0 Å². The smallest absolute Gasteiger partial charge is 0.150 e. The summed E-state index contributed by atoms with van der Waals surface area (Å²) in [5.74, 6) is 2.04. The molecule has 0 aliphatic carbocycles. The normalized spacial score (nSPS) is 20.0. The maximum absolute atomic E-state index is 11.6. The molecular weight excluding hydrogens is 298 g/mol. The standard InChI is InChI=1S/C17H27NO3S/c1-13(2)12-16(15-6-4-5-7-17(15)21-3)18-14-8-10-22(19,20)11-9-14/h4-7,13-14,16,18H,8-12H2,1-3H3. The molecule has 0 aromatic heterocycles. The first kappa shape index (κ1) is 17.3. The molecule has 0 amide bonds. The number of benzene rings is 1. The second kappa shape index (κ2) is 7.47. The number of methoxy groups -OCH3 is 1. The number of hydrogen-bond acceptors (Lipinski definition) is 4. The Morgan fingerprint density at radius 1 is 1.23 bits per heavy atom. The van der Waals surface area contributed by atoms with Gasteiger partial charge in [0.25, 0.3) is 0 Å². The Kier molecular flexibility index (Phi) is 5.87. The molecule has 1 aromatic carbocycles. The largest absolute Gasteiger partial charge is 0.496 e. The number of hydrogen-bond donors (Lipinski definition) is 1. The van der Waals surface area contributed by atoms with Gasteiger partial charge in [-0.3, -0.25) is 0 Å². The van der Waals surface area contributed by atoms with Crippen molar-refractivity contribution < 1.29 is 13.2 Å². The van der Waals surface area contributed by atoms with Crippen molar-refractivity contribution in [1.82, 2.24) is 5.32 Å². The van der Waals surface area contributed by atoms with Crippen molar-refractivity contribution in [1.29, 1.82) is 0 Å². The van der Waals surface area contributed by atoms with Crippen molar-refractivity contribution in [2.75, 3.05) is 18.6 Å². The van der Waals surface area contributed by atoms with Crippen molar-refractivity contribution in [3.63, 3.8) is 0 Å². The molecule has 0 saturated carbocycles. The van der Waals surface area contributed by atoms with E-state index in [4.69, 9.17) is 4.74 Å². The van der Waals surface area contributed by atoms with E-state index in [2.05, 4.69) is 25.2 Å². The summed E-state index contributed by atoms with van der Waals surface area (Å²) in [4.78, 5) is 0. The quantitative estimate of drug-likeness (QED) is 0.874. The molecule has 124 valence electrons. The van der Waals surface area contributed by atoms with Crippen LogP contribution in [0, 0.1) is 5.92 Å². The summed E-state index contributed by atoms with van der Waals surface area (Å²) in [5, 5.41) is 3.67. The van der Waals surface area contributed by atoms with E-state index in [1.165, 1.54) is 0 Å². The summed E-state index contributed by atoms with van der Waals surface area (Å²) < 4.78 is 28.7. The molecule has 1 aliphatic heterocycles. The minimum absolute atomic E-state index is 0.196. The van der Waals surface area contributed by atoms with Crippen LogP contribution in [0.2, 0.25) is 0 Å². The Bertz CT molecular complexity index is 569. The average Bonchev–Trinajstić information content (AvgIpc) is 2.48. The summed E-state index contributed by atoms with van der Waals surface area (Å²) in [5.41, 5.74) is 1.16. The Labute approximate surface area is 134 Å². The minimum atomic E-state index is -2.82. The molecule has 5 heteroatoms. The van der Waals surface area contributed by atoms with Crippen molar-refractivity contribution in [2.45, 2.75) is 45.2 Å². The molecular formula is C17H27NO3S. The molecule has 1 N–H and O–H groups in total. The monoisotopic (exact) mass is 325 g/mol. The van der Waals surface area contributed by atoms with Gasteiger partial charge in [0.15, 0.2) is 0 Å². The van der Waals surface area contributed by atoms with E-state index in [1.54, 1.807) is 7.11 Å². The molecule has 1 saturated heterocycles. The molecule has 4 nitrogen and oxygen atoms in total. The van der Waals surface area contributed by atoms with Gasteiger partial charge in [0.05, 0.1) is 18.6 Å². The van der Waals surface area contributed by atoms with Crippen LogP contribution in [-0.2, 0) is 9.84 Å². The number of nitrogens with one attached hydrogen (secondary N) is 1. The maximum Gasteiger partial charge on any atom is 0.150 e. The zero-order valence-electron chi connectivity index (χ0n) is 13.7. The van der Waals surface area contributed by atoms with Crippen LogP contribution in [0.1, 0.15) is 44.7 Å². The predicted molar refractivity (Wildman–Crippen MR) is 90.0 cm³/mol. The van der Waals surface area contributed by atoms with E-state index < -0.39 is 9.84 Å². The first-order valence-electron chi connectivity index (χ1n) is 8.00. The lowest BCUT2D eigenvalue weighted by atomic mass is 9.94. The molecule has 1 atom stereocenters. The van der Waals surface area contributed by atoms with E-state index in [-0.39, 0.29) is 12.1 Å². The van der Waals surface area contributed by atoms with Gasteiger partial charge in [-0.05, 0) is 31.2 Å². The highest BCUT2D eigenvalue weighted by atomic mass is 32.2. The summed E-state index contributed by atoms with van der Waals surface area (Å²) in [6, 6.07) is 8.54. The fourth-order valence-electron chi connectivity index (χ4n) is 3.05. The molecule has 1 fully saturated rings. The molecule has 0 spiro atoms. The van der Waals surface area contributed by atoms with E-state index in [9.17, 15) is 8.42 Å². The SMILES string of the molecule is COc1ccccc1C(CC(C)C)NC1CCS(=O)(=O)CC1. The number of sulfone groups is 1. The Balaban J connectivity index is 2.13. The predicted octanol–water partition coefficient (Wildman–Crippen LogP) is 2.95. The molecule has 1 aliphatic rings. The molecule has 1 unspecified atom stereocenters. The van der Waals surface area contributed by atoms with Gasteiger partial charge in [-0.15, -0.1) is 0 Å². The van der Waals surface area contributed by atoms with Crippen LogP contribution >= 0.6 is 0 Å². The first-order chi connectivity index (χ1) is 10.4. The van der Waals surface area contributed by atoms with Crippen molar-refractivity contribution >= 4 is 9.84 Å². The fraction of sp³-hybridized carbons (Fsp3) is 0.647. The van der Waals surface area contributed by atoms with Crippen molar-refractivity contribution in [3.05, 3.63) is 29.8 Å². The fourth-order valence-corrected chi connectivity index (χ4v) is 4.54. The van der Waals surface area contributed by atoms with Crippen molar-refractivity contribution in [3.8, 4) is 5.75 Å². The lowest BCUT2D eigenvalue weighted by Crippen LogP contribution is -2.40. The van der Waals surface area contributed by atoms with Gasteiger partial charge in [-0.2, -0.15) is 0 Å². The molecule has 1 aromatic rings. The summed E-state index contributed by atoms with van der Waals surface area (Å²) in [6.45, 7) is 4.41. The van der Waals surface area contributed by atoms with E-state index in [0.717, 1.165) is 17.7 Å². The van der Waals surface area contributed by atoms with Crippen LogP contribution in [0.25, 0.3) is 0 Å². The van der Waals surface area contributed by atoms with Crippen LogP contribution in [0.5, 0.6) is 5.75 Å². The third-order valence-corrected chi connectivity index (χ3v) is 5.93. The summed E-state index contributed by atoms with van der Waals surface area (Å²) >= 11 is 0. The van der Waals surface area contributed by atoms with Gasteiger partial charge in [-0.1, -0.05) is 32.0 Å². The molecule has 0 radical (unpaired) electrons. The van der Waals surface area contributed by atoms with Crippen LogP contribution in [0.15, 0.2) is 24.3 Å². The van der Waals surface area contributed by atoms with Crippen LogP contribution in [0.4, 0.5) is 0 Å². The van der Waals surface area contributed by atoms with Crippen LogP contribution < -0.4 is 10.1 Å². The Morgan fingerprint density at radius 2 is 1.86 bits per heavy atom. The van der Waals surface area contributed by atoms with E-state index in [0.29, 0.717) is 30.3 Å². The zero-order chi connectivity index (χ0) is 16.2. The average molecular weight is 325 g/mol. The molecule has 22 heavy (non-hydrogen) atoms. The second-order valence-corrected chi connectivity index (χ2v) is 8.82. The lowest BCUT2D eigenvalue weighted by molar-refractivity contribution is 0.343. The van der Waals surface area contributed by atoms with Gasteiger partial charge in [0.2, 0.25) is 0 Å². The third-order valence-electron chi connectivity index (χ3n) is 4.21. The molecule has 1 heterocycles. The highest BCUT2D eigenvalue weighted by Gasteiger charge is 2.27. The number of ether oxygens (including phenoxy) is 1. The van der Waals surface area contributed by atoms with Gasteiger partial charge in [-0.25, -0.2) is 8.42 Å². The van der Waals surface area contributed by atoms with Gasteiger partial charge in [0, 0.05) is 17.6 Å². The van der Waals surface area contributed by atoms with Crippen LogP contribution in [0.3, 0.4) is 0 Å². The van der Waals surface area contributed by atoms with Crippen LogP contribution in [-0.4, -0.2) is 33.1 Å². The Morgan fingerprint density at radius 3 is 2.45 bits per heavy atom. The highest BCUT2D eigenvalue weighted by Crippen LogP contribution is 2.30. The number of rotatable bonds is 6. The lowest BCUT2D eigenvalue weighted by Gasteiger charge is -2.30. The summed E-state index contributed by atoms with van der Waals surface area (Å²) in [7, 11) is -1.12. The topological polar surface area (TPSA) is 55.4 Å². The highest BCUT2D eigenvalue weighted by molar-refractivity contribution is 7.91. The maximum atomic E-state index is 11.6. The van der Waals surface area contributed by atoms with Gasteiger partial charge in [0.1, 0.15) is 15.6 Å². The summed E-state index contributed by atoms with van der Waals surface area (Å²) in [6.07, 6.45) is 2.40. The van der Waals surface area contributed by atoms with E-state index in [1.807, 2.05) is 18.2 Å². The van der Waals surface area contributed by atoms with Crippen molar-refractivity contribution in [2.24, 2.45) is 5.92 Å². The van der Waals surface area contributed by atoms with E-state index >= 15 is 0 Å². The zero-order valence-corrected chi connectivity index (χ0v) is 14.5. The van der Waals surface area contributed by atoms with Gasteiger partial charge < -0.3 is 10.1 Å². The third kappa shape index (κ3) is 4.71. The first-order valence-corrected chi connectivity index (χ1v) is 9.83. The molecule has 0 bridgehead atoms. The number of para-hydroxylation sites is 1. The second-order valence-electron chi connectivity index (χ2n) is 6.52.